The number of likely N-dealkylation sites (tertiary alicyclic amines) is 2. The molecule has 2 aromatic rings. The molecule has 3 N–H and O–H groups in total. The first-order valence-electron chi connectivity index (χ1n) is 11.9. The molecule has 35 heavy (non-hydrogen) atoms. The number of nitrogens with one attached hydrogen (secondary N) is 3. The van der Waals surface area contributed by atoms with Crippen molar-refractivity contribution in [3.63, 3.8) is 0 Å². The molecule has 0 aromatic carbocycles. The first-order chi connectivity index (χ1) is 16.7. The minimum absolute atomic E-state index is 0.0533. The maximum Gasteiger partial charge on any atom is 0.421 e. The van der Waals surface area contributed by atoms with Crippen LogP contribution in [0, 0.1) is 6.92 Å². The Bertz CT molecular complexity index is 1010. The number of amides is 2. The number of hydrogen-bond acceptors (Lipinski definition) is 7. The van der Waals surface area contributed by atoms with Crippen LogP contribution >= 0.6 is 0 Å². The van der Waals surface area contributed by atoms with Crippen LogP contribution < -0.4 is 16.0 Å². The summed E-state index contributed by atoms with van der Waals surface area (Å²) < 4.78 is 42.4. The minimum Gasteiger partial charge on any atom is -0.369 e. The van der Waals surface area contributed by atoms with Crippen LogP contribution in [0.1, 0.15) is 43.0 Å². The largest absolute Gasteiger partial charge is 0.421 e. The van der Waals surface area contributed by atoms with E-state index in [1.807, 2.05) is 17.8 Å². The Morgan fingerprint density at radius 1 is 1.17 bits per heavy atom. The molecule has 2 saturated heterocycles. The van der Waals surface area contributed by atoms with E-state index in [9.17, 15) is 18.0 Å². The average molecular weight is 496 g/mol. The van der Waals surface area contributed by atoms with Crippen molar-refractivity contribution in [2.75, 3.05) is 56.9 Å². The summed E-state index contributed by atoms with van der Waals surface area (Å²) >= 11 is 0. The Labute approximate surface area is 202 Å². The Hall–Kier alpha value is -3.09. The molecule has 2 amide bonds. The van der Waals surface area contributed by atoms with Crippen LogP contribution in [0.3, 0.4) is 0 Å². The second-order valence-electron chi connectivity index (χ2n) is 9.07. The number of piperidine rings is 1. The van der Waals surface area contributed by atoms with Crippen molar-refractivity contribution in [1.82, 2.24) is 34.9 Å². The predicted octanol–water partition coefficient (Wildman–Crippen LogP) is 3.23. The number of aromatic nitrogens is 4. The molecular formula is C22H32F3N9O. The lowest BCUT2D eigenvalue weighted by atomic mass is 10.1. The molecule has 2 aliphatic rings. The van der Waals surface area contributed by atoms with Crippen molar-refractivity contribution in [3.05, 3.63) is 23.7 Å². The lowest BCUT2D eigenvalue weighted by Crippen LogP contribution is -2.48. The highest BCUT2D eigenvalue weighted by Gasteiger charge is 2.35. The predicted molar refractivity (Wildman–Crippen MR) is 126 cm³/mol. The molecule has 4 rings (SSSR count). The molecule has 192 valence electrons. The smallest absolute Gasteiger partial charge is 0.369 e. The minimum atomic E-state index is -4.60. The first kappa shape index (κ1) is 25.0. The van der Waals surface area contributed by atoms with Crippen LogP contribution in [0.15, 0.2) is 12.4 Å². The summed E-state index contributed by atoms with van der Waals surface area (Å²) in [6.45, 7) is 5.88. The highest BCUT2D eigenvalue weighted by Crippen LogP contribution is 2.34. The van der Waals surface area contributed by atoms with E-state index < -0.39 is 11.7 Å². The van der Waals surface area contributed by atoms with Gasteiger partial charge in [0, 0.05) is 38.6 Å². The van der Waals surface area contributed by atoms with Crippen LogP contribution in [0.5, 0.6) is 0 Å². The molecule has 2 fully saturated rings. The van der Waals surface area contributed by atoms with Gasteiger partial charge in [0.25, 0.3) is 0 Å². The third kappa shape index (κ3) is 6.32. The summed E-state index contributed by atoms with van der Waals surface area (Å²) in [7, 11) is 2.09. The molecule has 10 nitrogen and oxygen atoms in total. The van der Waals surface area contributed by atoms with Gasteiger partial charge in [-0.25, -0.2) is 9.78 Å². The number of rotatable bonds is 8. The number of hydrogen-bond donors (Lipinski definition) is 3. The average Bonchev–Trinajstić information content (AvgIpc) is 3.12. The van der Waals surface area contributed by atoms with E-state index in [4.69, 9.17) is 0 Å². The molecule has 0 saturated carbocycles. The molecule has 0 spiro atoms. The Balaban J connectivity index is 1.38. The molecule has 0 bridgehead atoms. The highest BCUT2D eigenvalue weighted by atomic mass is 19.4. The molecule has 4 heterocycles. The lowest BCUT2D eigenvalue weighted by molar-refractivity contribution is -0.137. The van der Waals surface area contributed by atoms with E-state index in [1.54, 1.807) is 4.90 Å². The topological polar surface area (TPSA) is 103 Å². The summed E-state index contributed by atoms with van der Waals surface area (Å²) in [6.07, 6.45) is 1.46. The maximum atomic E-state index is 13.5. The summed E-state index contributed by atoms with van der Waals surface area (Å²) in [5, 5.41) is 13.1. The number of aryl methyl sites for hydroxylation is 1. The highest BCUT2D eigenvalue weighted by molar-refractivity contribution is 5.74. The monoisotopic (exact) mass is 495 g/mol. The number of halogens is 3. The quantitative estimate of drug-likeness (QED) is 0.483. The van der Waals surface area contributed by atoms with E-state index in [1.165, 1.54) is 0 Å². The van der Waals surface area contributed by atoms with Gasteiger partial charge in [0.1, 0.15) is 11.4 Å². The van der Waals surface area contributed by atoms with Crippen LogP contribution in [0.2, 0.25) is 0 Å². The fourth-order valence-electron chi connectivity index (χ4n) is 4.08. The number of anilines is 3. The van der Waals surface area contributed by atoms with Crippen molar-refractivity contribution in [2.45, 2.75) is 44.8 Å². The SMILES string of the molecule is Cc1nn(C2CCN(C)CC2)cc1Nc1ncc(C(F)(F)F)c(NCCCNC(=O)N2CCC2)n1. The van der Waals surface area contributed by atoms with Gasteiger partial charge >= 0.3 is 12.2 Å². The third-order valence-corrected chi connectivity index (χ3v) is 6.38. The Morgan fingerprint density at radius 3 is 2.57 bits per heavy atom. The second kappa shape index (κ2) is 10.7. The van der Waals surface area contributed by atoms with Gasteiger partial charge in [-0.1, -0.05) is 0 Å². The van der Waals surface area contributed by atoms with Crippen molar-refractivity contribution < 1.29 is 18.0 Å². The first-order valence-corrected chi connectivity index (χ1v) is 11.9. The van der Waals surface area contributed by atoms with Crippen LogP contribution in [0.25, 0.3) is 0 Å². The van der Waals surface area contributed by atoms with E-state index in [0.29, 0.717) is 18.7 Å². The van der Waals surface area contributed by atoms with Crippen molar-refractivity contribution in [1.29, 1.82) is 0 Å². The van der Waals surface area contributed by atoms with Gasteiger partial charge in [-0.2, -0.15) is 23.3 Å². The van der Waals surface area contributed by atoms with Crippen molar-refractivity contribution in [3.8, 4) is 0 Å². The van der Waals surface area contributed by atoms with Crippen LogP contribution in [0.4, 0.5) is 35.4 Å². The summed E-state index contributed by atoms with van der Waals surface area (Å²) in [4.78, 5) is 23.8. The summed E-state index contributed by atoms with van der Waals surface area (Å²) in [5.74, 6) is -0.248. The van der Waals surface area contributed by atoms with Crippen LogP contribution in [-0.2, 0) is 6.18 Å². The van der Waals surface area contributed by atoms with Gasteiger partial charge < -0.3 is 25.8 Å². The normalized spacial score (nSPS) is 17.2. The Morgan fingerprint density at radius 2 is 1.91 bits per heavy atom. The second-order valence-corrected chi connectivity index (χ2v) is 9.07. The Kier molecular flexibility index (Phi) is 7.63. The van der Waals surface area contributed by atoms with Gasteiger partial charge in [-0.05, 0) is 52.7 Å². The summed E-state index contributed by atoms with van der Waals surface area (Å²) in [6, 6.07) is 0.143. The number of alkyl halides is 3. The molecule has 2 aromatic heterocycles. The summed E-state index contributed by atoms with van der Waals surface area (Å²) in [5.41, 5.74) is 0.439. The number of nitrogens with zero attached hydrogens (tertiary/aromatic N) is 6. The number of urea groups is 1. The molecule has 0 aliphatic carbocycles. The molecule has 13 heteroatoms. The number of carbonyl (C=O) groups excluding carboxylic acids is 1. The van der Waals surface area contributed by atoms with Gasteiger partial charge in [0.15, 0.2) is 0 Å². The molecular weight excluding hydrogens is 463 g/mol. The van der Waals surface area contributed by atoms with Gasteiger partial charge in [-0.3, -0.25) is 4.68 Å². The standard InChI is InChI=1S/C22H32F3N9O/c1-15-18(14-34(31-15)16-5-11-32(2)12-6-16)29-20-28-13-17(22(23,24)25)19(30-20)26-7-3-8-27-21(35)33-9-4-10-33/h13-14,16H,3-12H2,1-2H3,(H,27,35)(H2,26,28,29,30). The molecule has 0 unspecified atom stereocenters. The van der Waals surface area contributed by atoms with Gasteiger partial charge in [-0.15, -0.1) is 0 Å². The van der Waals surface area contributed by atoms with Crippen molar-refractivity contribution >= 4 is 23.5 Å². The van der Waals surface area contributed by atoms with Gasteiger partial charge in [0.2, 0.25) is 5.95 Å². The van der Waals surface area contributed by atoms with Gasteiger partial charge in [0.05, 0.1) is 17.4 Å². The fraction of sp³-hybridized carbons (Fsp3) is 0.636. The third-order valence-electron chi connectivity index (χ3n) is 6.38. The zero-order chi connectivity index (χ0) is 25.0. The van der Waals surface area contributed by atoms with E-state index in [-0.39, 0.29) is 30.4 Å². The maximum absolute atomic E-state index is 13.5. The molecule has 0 radical (unpaired) electrons. The number of carbonyl (C=O) groups is 1. The zero-order valence-electron chi connectivity index (χ0n) is 20.0. The molecule has 2 aliphatic heterocycles. The molecule has 0 atom stereocenters. The fourth-order valence-corrected chi connectivity index (χ4v) is 4.08. The van der Waals surface area contributed by atoms with Crippen LogP contribution in [-0.4, -0.2) is 81.9 Å². The van der Waals surface area contributed by atoms with E-state index in [0.717, 1.165) is 57.3 Å². The lowest BCUT2D eigenvalue weighted by Gasteiger charge is -2.30. The van der Waals surface area contributed by atoms with Crippen molar-refractivity contribution in [2.24, 2.45) is 0 Å². The zero-order valence-corrected chi connectivity index (χ0v) is 20.0. The van der Waals surface area contributed by atoms with E-state index >= 15 is 0 Å². The van der Waals surface area contributed by atoms with E-state index in [2.05, 4.69) is 43.0 Å².